The fourth-order valence-corrected chi connectivity index (χ4v) is 7.15. The fourth-order valence-electron chi connectivity index (χ4n) is 3.54. The second-order valence-electron chi connectivity index (χ2n) is 7.68. The third-order valence-electron chi connectivity index (χ3n) is 4.78. The molecule has 0 aromatic carbocycles. The number of ketones is 1. The topological polar surface area (TPSA) is 17.1 Å². The van der Waals surface area contributed by atoms with E-state index in [0.29, 0.717) is 11.3 Å². The summed E-state index contributed by atoms with van der Waals surface area (Å²) in [5.74, 6) is 1.93. The van der Waals surface area contributed by atoms with Crippen molar-refractivity contribution in [2.24, 2.45) is 0 Å². The summed E-state index contributed by atoms with van der Waals surface area (Å²) in [6, 6.07) is 0. The van der Waals surface area contributed by atoms with Gasteiger partial charge in [0.15, 0.2) is 0 Å². The predicted octanol–water partition coefficient (Wildman–Crippen LogP) is 6.34. The van der Waals surface area contributed by atoms with E-state index in [1.165, 1.54) is 5.66 Å². The van der Waals surface area contributed by atoms with E-state index in [-0.39, 0.29) is 56.3 Å². The van der Waals surface area contributed by atoms with Crippen LogP contribution in [0.15, 0.2) is 0 Å². The molecule has 0 saturated heterocycles. The maximum absolute atomic E-state index is 12.9. The molecule has 0 heterocycles. The van der Waals surface area contributed by atoms with Gasteiger partial charge in [-0.25, -0.2) is 0 Å². The summed E-state index contributed by atoms with van der Waals surface area (Å²) >= 11 is 1.64. The molecule has 4 aliphatic rings. The van der Waals surface area contributed by atoms with Gasteiger partial charge in [-0.1, -0.05) is 35.6 Å². The summed E-state index contributed by atoms with van der Waals surface area (Å²) in [7, 11) is -0.307. The van der Waals surface area contributed by atoms with Gasteiger partial charge in [-0.3, -0.25) is 4.79 Å². The molecule has 0 unspecified atom stereocenters. The Bertz CT molecular complexity index is 468. The minimum absolute atomic E-state index is 0. The zero-order chi connectivity index (χ0) is 22.6. The Labute approximate surface area is 242 Å². The van der Waals surface area contributed by atoms with Gasteiger partial charge in [0.05, 0.1) is 11.8 Å². The van der Waals surface area contributed by atoms with Crippen LogP contribution in [0.5, 0.6) is 0 Å². The van der Waals surface area contributed by atoms with Crippen LogP contribution in [0.1, 0.15) is 27.7 Å². The first-order valence-electron chi connectivity index (χ1n) is 10.7. The van der Waals surface area contributed by atoms with E-state index in [9.17, 15) is 4.79 Å². The molecule has 1 nitrogen and oxygen atoms in total. The number of carbonyl (C=O) groups excluding carboxylic acids is 1. The van der Waals surface area contributed by atoms with Crippen molar-refractivity contribution < 1.29 is 38.9 Å². The van der Waals surface area contributed by atoms with Crippen molar-refractivity contribution in [2.45, 2.75) is 39.0 Å². The van der Waals surface area contributed by atoms with E-state index in [1.807, 2.05) is 103 Å². The summed E-state index contributed by atoms with van der Waals surface area (Å²) in [6.45, 7) is 9.07. The number of rotatable bonds is 6. The quantitative estimate of drug-likeness (QED) is 0.274. The largest absolute Gasteiger partial charge is 2.00 e. The smallest absolute Gasteiger partial charge is 0.298 e. The third-order valence-corrected chi connectivity index (χ3v) is 8.75. The van der Waals surface area contributed by atoms with Crippen LogP contribution in [0.2, 0.25) is 0 Å². The Kier molecular flexibility index (Phi) is 23.8. The average Bonchev–Trinajstić information content (AvgIpc) is 3.56. The molecule has 4 saturated carbocycles. The van der Waals surface area contributed by atoms with Gasteiger partial charge < -0.3 is 0 Å². The normalized spacial score (nSPS) is 21.4. The second-order valence-corrected chi connectivity index (χ2v) is 11.9. The van der Waals surface area contributed by atoms with Crippen molar-refractivity contribution in [3.8, 4) is 0 Å². The number of hydrogen-bond acceptors (Lipinski definition) is 2. The Morgan fingerprint density at radius 1 is 0.647 bits per heavy atom. The van der Waals surface area contributed by atoms with Crippen molar-refractivity contribution in [2.75, 3.05) is 6.26 Å². The molecule has 0 aromatic heterocycles. The Morgan fingerprint density at radius 2 is 1.03 bits per heavy atom. The SMILES string of the molecule is CS[C]1[CH][CH][CH][C]1C(=O)[C]1[CH][CH][CH][C]1P(C(C)C)C(C)C.[B].[CH]1[CH][CH][CH][CH]1.[CH]1[CH][CH][CH][CH]1.[Fe+2].[Fe+2]. The number of thioether (sulfide) groups is 1. The number of hydrogen-bond donors (Lipinski definition) is 0. The van der Waals surface area contributed by atoms with Crippen molar-refractivity contribution in [3.05, 3.63) is 125 Å². The van der Waals surface area contributed by atoms with Gasteiger partial charge in [0, 0.05) is 19.3 Å². The van der Waals surface area contributed by atoms with Gasteiger partial charge in [0.2, 0.25) is 0 Å². The zero-order valence-electron chi connectivity index (χ0n) is 20.4. The molecule has 177 valence electrons. The Balaban J connectivity index is 0. The standard InChI is InChI=1S/C18H23OPS.2C5H5.B.2Fe/c1-12(2)20(13(3)4)16-10-6-8-14(16)18(19)15-9-7-11-17(15)21-5;2*1-2-4-5-3-1;;;/h6-13H,1-5H3;2*1-5H;;;/q;;;;2*+2. The third kappa shape index (κ3) is 12.4. The predicted molar refractivity (Wildman–Crippen MR) is 143 cm³/mol. The zero-order valence-corrected chi connectivity index (χ0v) is 24.4. The van der Waals surface area contributed by atoms with Crippen LogP contribution >= 0.6 is 19.7 Å². The van der Waals surface area contributed by atoms with Crippen LogP contribution in [0.25, 0.3) is 0 Å². The molecule has 0 aliphatic heterocycles. The van der Waals surface area contributed by atoms with Crippen molar-refractivity contribution in [1.82, 2.24) is 0 Å². The molecule has 6 heteroatoms. The van der Waals surface area contributed by atoms with Crippen molar-refractivity contribution in [1.29, 1.82) is 0 Å². The molecular formula is C28H33BFe2OPS+4. The van der Waals surface area contributed by atoms with E-state index in [1.54, 1.807) is 11.8 Å². The van der Waals surface area contributed by atoms with E-state index >= 15 is 0 Å². The molecule has 0 N–H and O–H groups in total. The van der Waals surface area contributed by atoms with Crippen molar-refractivity contribution >= 4 is 33.9 Å². The fraction of sp³-hybridized carbons (Fsp3) is 0.250. The molecule has 0 atom stereocenters. The molecule has 0 bridgehead atoms. The Morgan fingerprint density at radius 3 is 1.41 bits per heavy atom. The first-order chi connectivity index (χ1) is 15.0. The molecule has 4 aliphatic carbocycles. The molecule has 0 aromatic rings. The minimum atomic E-state index is -0.307. The maximum atomic E-state index is 12.9. The van der Waals surface area contributed by atoms with Gasteiger partial charge in [-0.05, 0) is 120 Å². The number of carbonyl (C=O) groups is 1. The van der Waals surface area contributed by atoms with E-state index in [4.69, 9.17) is 0 Å². The van der Waals surface area contributed by atoms with Gasteiger partial charge >= 0.3 is 34.1 Å². The molecule has 34 heavy (non-hydrogen) atoms. The minimum Gasteiger partial charge on any atom is -0.298 e. The Hall–Kier alpha value is 1.55. The van der Waals surface area contributed by atoms with Gasteiger partial charge in [-0.15, -0.1) is 0 Å². The first kappa shape index (κ1) is 37.7. The molecule has 0 amide bonds. The molecule has 4 fully saturated rings. The van der Waals surface area contributed by atoms with Crippen molar-refractivity contribution in [3.63, 3.8) is 0 Å². The molecular weight excluding hydrogens is 538 g/mol. The van der Waals surface area contributed by atoms with Crippen LogP contribution < -0.4 is 0 Å². The van der Waals surface area contributed by atoms with Crippen LogP contribution in [0, 0.1) is 125 Å². The summed E-state index contributed by atoms with van der Waals surface area (Å²) < 4.78 is 0. The van der Waals surface area contributed by atoms with Crippen LogP contribution in [0.4, 0.5) is 0 Å². The summed E-state index contributed by atoms with van der Waals surface area (Å²) in [5, 5.41) is 1.07. The average molecular weight is 571 g/mol. The molecule has 23 radical (unpaired) electrons. The van der Waals surface area contributed by atoms with Gasteiger partial charge in [0.25, 0.3) is 0 Å². The maximum Gasteiger partial charge on any atom is 2.00 e. The van der Waals surface area contributed by atoms with Crippen LogP contribution in [0.3, 0.4) is 0 Å². The van der Waals surface area contributed by atoms with Crippen LogP contribution in [-0.4, -0.2) is 31.8 Å². The summed E-state index contributed by atoms with van der Waals surface area (Å²) in [4.78, 5) is 12.9. The van der Waals surface area contributed by atoms with E-state index in [2.05, 4.69) is 34.1 Å². The number of Topliss-reactive ketones (excluding diaryl/α,β-unsaturated/α-hetero) is 1. The summed E-state index contributed by atoms with van der Waals surface area (Å²) in [6.07, 6.45) is 34.1. The van der Waals surface area contributed by atoms with E-state index in [0.717, 1.165) is 17.1 Å². The molecule has 4 rings (SSSR count). The van der Waals surface area contributed by atoms with Gasteiger partial charge in [0.1, 0.15) is 5.78 Å². The molecule has 0 spiro atoms. The van der Waals surface area contributed by atoms with E-state index < -0.39 is 0 Å². The van der Waals surface area contributed by atoms with Gasteiger partial charge in [-0.2, -0.15) is 11.8 Å². The monoisotopic (exact) mass is 571 g/mol. The van der Waals surface area contributed by atoms with Crippen LogP contribution in [-0.2, 0) is 38.9 Å². The second kappa shape index (κ2) is 21.5. The summed E-state index contributed by atoms with van der Waals surface area (Å²) in [5.41, 5.74) is 2.45. The first-order valence-corrected chi connectivity index (χ1v) is 13.4.